The van der Waals surface area contributed by atoms with Crippen molar-refractivity contribution >= 4 is 11.6 Å². The molecule has 3 heterocycles. The van der Waals surface area contributed by atoms with Crippen LogP contribution in [0.4, 0.5) is 10.1 Å². The minimum Gasteiger partial charge on any atom is -0.368 e. The Bertz CT molecular complexity index is 944. The van der Waals surface area contributed by atoms with E-state index in [0.717, 1.165) is 45.1 Å². The highest BCUT2D eigenvalue weighted by molar-refractivity contribution is 5.80. The van der Waals surface area contributed by atoms with Crippen LogP contribution < -0.4 is 4.90 Å². The normalized spacial score (nSPS) is 23.1. The Labute approximate surface area is 182 Å². The lowest BCUT2D eigenvalue weighted by atomic mass is 9.91. The summed E-state index contributed by atoms with van der Waals surface area (Å²) in [6.07, 6.45) is 5.77. The van der Waals surface area contributed by atoms with Crippen LogP contribution >= 0.6 is 0 Å². The van der Waals surface area contributed by atoms with Gasteiger partial charge in [0.15, 0.2) is 5.82 Å². The Morgan fingerprint density at radius 2 is 1.97 bits per heavy atom. The first-order valence-electron chi connectivity index (χ1n) is 11.5. The Hall–Kier alpha value is -2.48. The smallest absolute Gasteiger partial charge is 0.258 e. The molecule has 1 aromatic heterocycles. The molecular formula is C23H30FN5O2. The zero-order valence-electron chi connectivity index (χ0n) is 18.1. The van der Waals surface area contributed by atoms with Gasteiger partial charge >= 0.3 is 0 Å². The van der Waals surface area contributed by atoms with Crippen molar-refractivity contribution in [1.82, 2.24) is 19.9 Å². The zero-order chi connectivity index (χ0) is 21.4. The summed E-state index contributed by atoms with van der Waals surface area (Å²) in [4.78, 5) is 23.9. The molecule has 1 saturated carbocycles. The van der Waals surface area contributed by atoms with Crippen molar-refractivity contribution in [2.24, 2.45) is 5.92 Å². The summed E-state index contributed by atoms with van der Waals surface area (Å²) in [6, 6.07) is 5.71. The number of hydrogen-bond acceptors (Lipinski definition) is 6. The van der Waals surface area contributed by atoms with Crippen LogP contribution in [0.15, 0.2) is 22.7 Å². The molecule has 1 unspecified atom stereocenters. The van der Waals surface area contributed by atoms with Crippen LogP contribution in [0.2, 0.25) is 0 Å². The van der Waals surface area contributed by atoms with Crippen molar-refractivity contribution in [3.63, 3.8) is 0 Å². The van der Waals surface area contributed by atoms with Crippen LogP contribution in [0.3, 0.4) is 0 Å². The van der Waals surface area contributed by atoms with E-state index in [2.05, 4.69) is 15.0 Å². The maximum atomic E-state index is 14.9. The molecule has 8 heteroatoms. The number of anilines is 1. The van der Waals surface area contributed by atoms with Gasteiger partial charge in [-0.25, -0.2) is 4.39 Å². The van der Waals surface area contributed by atoms with Gasteiger partial charge in [0, 0.05) is 50.9 Å². The first-order valence-corrected chi connectivity index (χ1v) is 11.5. The fraction of sp³-hybridized carbons (Fsp3) is 0.609. The summed E-state index contributed by atoms with van der Waals surface area (Å²) < 4.78 is 20.0. The predicted octanol–water partition coefficient (Wildman–Crippen LogP) is 3.10. The lowest BCUT2D eigenvalue weighted by Gasteiger charge is -2.36. The van der Waals surface area contributed by atoms with Crippen molar-refractivity contribution in [2.45, 2.75) is 45.1 Å². The van der Waals surface area contributed by atoms with Crippen molar-refractivity contribution in [3.05, 3.63) is 29.8 Å². The SMILES string of the molecule is Cc1noc(-c2ccc(N3CCC(C(=O)N4CCCN(C5CCC5)CC4)C3)c(F)c2)n1. The molecule has 3 fully saturated rings. The first kappa shape index (κ1) is 20.4. The predicted molar refractivity (Wildman–Crippen MR) is 115 cm³/mol. The second-order valence-electron chi connectivity index (χ2n) is 9.04. The Balaban J connectivity index is 1.21. The number of aromatic nitrogens is 2. The molecule has 2 aliphatic heterocycles. The first-order chi connectivity index (χ1) is 15.1. The van der Waals surface area contributed by atoms with Crippen LogP contribution in [-0.2, 0) is 4.79 Å². The van der Waals surface area contributed by atoms with E-state index in [1.54, 1.807) is 19.1 Å². The number of carbonyl (C=O) groups is 1. The molecule has 0 N–H and O–H groups in total. The average Bonchev–Trinajstić information content (AvgIpc) is 3.31. The molecule has 1 aliphatic carbocycles. The molecule has 0 bridgehead atoms. The van der Waals surface area contributed by atoms with E-state index >= 15 is 0 Å². The summed E-state index contributed by atoms with van der Waals surface area (Å²) >= 11 is 0. The van der Waals surface area contributed by atoms with E-state index in [1.165, 1.54) is 25.3 Å². The van der Waals surface area contributed by atoms with E-state index in [-0.39, 0.29) is 17.6 Å². The maximum Gasteiger partial charge on any atom is 0.258 e. The third kappa shape index (κ3) is 4.18. The summed E-state index contributed by atoms with van der Waals surface area (Å²) in [6.45, 7) is 6.73. The van der Waals surface area contributed by atoms with E-state index in [9.17, 15) is 9.18 Å². The van der Waals surface area contributed by atoms with Gasteiger partial charge in [-0.3, -0.25) is 9.69 Å². The molecule has 1 aromatic carbocycles. The minimum absolute atomic E-state index is 0.0621. The standard InChI is InChI=1S/C23H30FN5O2/c1-16-25-22(31-26-16)17-6-7-21(20(24)14-17)29-11-8-18(15-29)23(30)28-10-3-9-27(12-13-28)19-4-2-5-19/h6-7,14,18-19H,2-5,8-13,15H2,1H3. The highest BCUT2D eigenvalue weighted by Gasteiger charge is 2.34. The molecule has 5 rings (SSSR count). The van der Waals surface area contributed by atoms with Crippen molar-refractivity contribution in [2.75, 3.05) is 44.2 Å². The van der Waals surface area contributed by atoms with Gasteiger partial charge in [0.1, 0.15) is 5.82 Å². The molecule has 2 aromatic rings. The monoisotopic (exact) mass is 427 g/mol. The topological polar surface area (TPSA) is 65.7 Å². The molecule has 0 radical (unpaired) electrons. The highest BCUT2D eigenvalue weighted by Crippen LogP contribution is 2.31. The molecule has 1 atom stereocenters. The fourth-order valence-corrected chi connectivity index (χ4v) is 5.02. The molecule has 2 saturated heterocycles. The number of carbonyl (C=O) groups excluding carboxylic acids is 1. The second-order valence-corrected chi connectivity index (χ2v) is 9.04. The molecule has 0 spiro atoms. The number of hydrogen-bond donors (Lipinski definition) is 0. The zero-order valence-corrected chi connectivity index (χ0v) is 18.1. The van der Waals surface area contributed by atoms with Gasteiger partial charge in [-0.05, 0) is 50.8 Å². The van der Waals surface area contributed by atoms with E-state index in [4.69, 9.17) is 4.52 Å². The van der Waals surface area contributed by atoms with Gasteiger partial charge in [0.25, 0.3) is 5.89 Å². The number of amides is 1. The van der Waals surface area contributed by atoms with E-state index in [1.807, 2.05) is 9.80 Å². The van der Waals surface area contributed by atoms with Crippen LogP contribution in [0.25, 0.3) is 11.5 Å². The van der Waals surface area contributed by atoms with Gasteiger partial charge in [-0.1, -0.05) is 11.6 Å². The summed E-state index contributed by atoms with van der Waals surface area (Å²) in [5.41, 5.74) is 1.09. The quantitative estimate of drug-likeness (QED) is 0.747. The van der Waals surface area contributed by atoms with E-state index in [0.29, 0.717) is 36.1 Å². The highest BCUT2D eigenvalue weighted by atomic mass is 19.1. The molecule has 3 aliphatic rings. The van der Waals surface area contributed by atoms with Gasteiger partial charge in [0.2, 0.25) is 5.91 Å². The largest absolute Gasteiger partial charge is 0.368 e. The van der Waals surface area contributed by atoms with Crippen LogP contribution in [0, 0.1) is 18.7 Å². The van der Waals surface area contributed by atoms with Crippen molar-refractivity contribution < 1.29 is 13.7 Å². The molecule has 1 amide bonds. The lowest BCUT2D eigenvalue weighted by Crippen LogP contribution is -2.43. The van der Waals surface area contributed by atoms with Crippen molar-refractivity contribution in [1.29, 1.82) is 0 Å². The van der Waals surface area contributed by atoms with Gasteiger partial charge < -0.3 is 14.3 Å². The maximum absolute atomic E-state index is 14.9. The van der Waals surface area contributed by atoms with Crippen LogP contribution in [0.1, 0.15) is 37.9 Å². The average molecular weight is 428 g/mol. The minimum atomic E-state index is -0.327. The Morgan fingerprint density at radius 1 is 1.10 bits per heavy atom. The third-order valence-electron chi connectivity index (χ3n) is 7.03. The van der Waals surface area contributed by atoms with E-state index < -0.39 is 0 Å². The van der Waals surface area contributed by atoms with Gasteiger partial charge in [-0.15, -0.1) is 0 Å². The lowest BCUT2D eigenvalue weighted by molar-refractivity contribution is -0.134. The molecule has 166 valence electrons. The third-order valence-corrected chi connectivity index (χ3v) is 7.03. The molecule has 31 heavy (non-hydrogen) atoms. The number of aryl methyl sites for hydroxylation is 1. The number of nitrogens with zero attached hydrogens (tertiary/aromatic N) is 5. The fourth-order valence-electron chi connectivity index (χ4n) is 5.02. The molecular weight excluding hydrogens is 397 g/mol. The number of halogens is 1. The van der Waals surface area contributed by atoms with Crippen LogP contribution in [0.5, 0.6) is 0 Å². The van der Waals surface area contributed by atoms with Gasteiger partial charge in [0.05, 0.1) is 11.6 Å². The summed E-state index contributed by atoms with van der Waals surface area (Å²) in [7, 11) is 0. The molecule has 7 nitrogen and oxygen atoms in total. The Kier molecular flexibility index (Phi) is 5.65. The summed E-state index contributed by atoms with van der Waals surface area (Å²) in [5.74, 6) is 0.677. The number of rotatable bonds is 4. The Morgan fingerprint density at radius 3 is 2.68 bits per heavy atom. The number of benzene rings is 1. The van der Waals surface area contributed by atoms with Gasteiger partial charge in [-0.2, -0.15) is 4.98 Å². The van der Waals surface area contributed by atoms with Crippen molar-refractivity contribution in [3.8, 4) is 11.5 Å². The van der Waals surface area contributed by atoms with Crippen LogP contribution in [-0.4, -0.2) is 71.2 Å². The summed E-state index contributed by atoms with van der Waals surface area (Å²) in [5, 5.41) is 3.76. The second kappa shape index (κ2) is 8.57.